The Hall–Kier alpha value is -1.35. The summed E-state index contributed by atoms with van der Waals surface area (Å²) in [5.74, 6) is -0.0759. The molecule has 0 radical (unpaired) electrons. The van der Waals surface area contributed by atoms with Crippen LogP contribution in [-0.4, -0.2) is 21.2 Å². The van der Waals surface area contributed by atoms with Crippen LogP contribution in [0.15, 0.2) is 32.6 Å². The highest BCUT2D eigenvalue weighted by atomic mass is 79.9. The average molecular weight is 487 g/mol. The zero-order valence-electron chi connectivity index (χ0n) is 14.9. The number of halogens is 2. The van der Waals surface area contributed by atoms with Crippen LogP contribution in [0.1, 0.15) is 17.4 Å². The normalized spacial score (nSPS) is 11.1. The molecule has 0 fully saturated rings. The minimum atomic E-state index is -0.209. The Morgan fingerprint density at radius 2 is 2.15 bits per heavy atom. The molecular formula is C18H17BrClN3O2S2. The van der Waals surface area contributed by atoms with Crippen molar-refractivity contribution >= 4 is 72.4 Å². The number of carbonyl (C=O) groups excluding carboxylic acids is 1. The summed E-state index contributed by atoms with van der Waals surface area (Å²) in [4.78, 5) is 31.6. The molecule has 1 N–H and O–H groups in total. The van der Waals surface area contributed by atoms with E-state index in [1.807, 2.05) is 20.8 Å². The van der Waals surface area contributed by atoms with E-state index in [4.69, 9.17) is 11.6 Å². The molecule has 0 aliphatic rings. The van der Waals surface area contributed by atoms with Gasteiger partial charge in [-0.05, 0) is 44.5 Å². The number of thiophene rings is 1. The van der Waals surface area contributed by atoms with Crippen molar-refractivity contribution < 1.29 is 4.79 Å². The number of anilines is 1. The van der Waals surface area contributed by atoms with Gasteiger partial charge in [-0.15, -0.1) is 11.3 Å². The van der Waals surface area contributed by atoms with E-state index in [2.05, 4.69) is 26.2 Å². The quantitative estimate of drug-likeness (QED) is 0.395. The van der Waals surface area contributed by atoms with Gasteiger partial charge in [0.2, 0.25) is 5.91 Å². The number of aryl methyl sites for hydroxylation is 2. The predicted octanol–water partition coefficient (Wildman–Crippen LogP) is 5.24. The molecule has 3 aromatic rings. The van der Waals surface area contributed by atoms with E-state index >= 15 is 0 Å². The number of fused-ring (bicyclic) bond motifs is 1. The molecule has 0 aliphatic heterocycles. The van der Waals surface area contributed by atoms with Crippen molar-refractivity contribution in [3.63, 3.8) is 0 Å². The third kappa shape index (κ3) is 4.23. The van der Waals surface area contributed by atoms with Gasteiger partial charge in [-0.25, -0.2) is 4.98 Å². The molecule has 2 aromatic heterocycles. The molecule has 0 unspecified atom stereocenters. The van der Waals surface area contributed by atoms with Crippen LogP contribution in [0.2, 0.25) is 5.02 Å². The number of hydrogen-bond donors (Lipinski definition) is 1. The summed E-state index contributed by atoms with van der Waals surface area (Å²) in [5, 5.41) is 4.47. The van der Waals surface area contributed by atoms with Crippen LogP contribution < -0.4 is 10.9 Å². The summed E-state index contributed by atoms with van der Waals surface area (Å²) >= 11 is 12.2. The highest BCUT2D eigenvalue weighted by Crippen LogP contribution is 2.29. The molecular weight excluding hydrogens is 470 g/mol. The van der Waals surface area contributed by atoms with Crippen molar-refractivity contribution in [3.8, 4) is 0 Å². The van der Waals surface area contributed by atoms with Crippen LogP contribution in [-0.2, 0) is 11.3 Å². The number of nitrogens with one attached hydrogen (secondary N) is 1. The fourth-order valence-electron chi connectivity index (χ4n) is 2.60. The summed E-state index contributed by atoms with van der Waals surface area (Å²) in [6.45, 7) is 6.33. The van der Waals surface area contributed by atoms with Gasteiger partial charge in [0, 0.05) is 15.9 Å². The van der Waals surface area contributed by atoms with Gasteiger partial charge in [-0.3, -0.25) is 14.2 Å². The predicted molar refractivity (Wildman–Crippen MR) is 118 cm³/mol. The molecule has 5 nitrogen and oxygen atoms in total. The Labute approximate surface area is 178 Å². The largest absolute Gasteiger partial charge is 0.324 e. The lowest BCUT2D eigenvalue weighted by Gasteiger charge is -2.11. The van der Waals surface area contributed by atoms with Gasteiger partial charge < -0.3 is 5.32 Å². The Bertz CT molecular complexity index is 1090. The average Bonchev–Trinajstić information content (AvgIpc) is 2.90. The molecule has 1 amide bonds. The first kappa shape index (κ1) is 20.4. The highest BCUT2D eigenvalue weighted by molar-refractivity contribution is 9.10. The van der Waals surface area contributed by atoms with Crippen LogP contribution >= 0.6 is 50.6 Å². The van der Waals surface area contributed by atoms with E-state index in [1.54, 1.807) is 22.8 Å². The van der Waals surface area contributed by atoms with E-state index in [1.165, 1.54) is 23.1 Å². The Balaban J connectivity index is 1.82. The van der Waals surface area contributed by atoms with Gasteiger partial charge in [0.05, 0.1) is 21.8 Å². The van der Waals surface area contributed by atoms with Gasteiger partial charge in [0.25, 0.3) is 5.56 Å². The summed E-state index contributed by atoms with van der Waals surface area (Å²) < 4.78 is 2.46. The van der Waals surface area contributed by atoms with Crippen molar-refractivity contribution in [1.82, 2.24) is 9.55 Å². The van der Waals surface area contributed by atoms with E-state index in [9.17, 15) is 9.59 Å². The van der Waals surface area contributed by atoms with Crippen LogP contribution in [0.5, 0.6) is 0 Å². The third-order valence-corrected chi connectivity index (χ3v) is 6.99. The van der Waals surface area contributed by atoms with Gasteiger partial charge in [-0.1, -0.05) is 39.3 Å². The van der Waals surface area contributed by atoms with Crippen molar-refractivity contribution in [3.05, 3.63) is 48.5 Å². The number of nitrogens with zero attached hydrogens (tertiary/aromatic N) is 2. The van der Waals surface area contributed by atoms with Crippen molar-refractivity contribution in [2.24, 2.45) is 0 Å². The molecule has 27 heavy (non-hydrogen) atoms. The first-order chi connectivity index (χ1) is 12.8. The fourth-order valence-corrected chi connectivity index (χ4v) is 5.26. The second-order valence-corrected chi connectivity index (χ2v) is 9.34. The number of carbonyl (C=O) groups is 1. The summed E-state index contributed by atoms with van der Waals surface area (Å²) in [6, 6.07) is 5.26. The van der Waals surface area contributed by atoms with Crippen LogP contribution in [0.4, 0.5) is 5.69 Å². The van der Waals surface area contributed by atoms with Crippen molar-refractivity contribution in [2.45, 2.75) is 32.5 Å². The van der Waals surface area contributed by atoms with E-state index in [0.717, 1.165) is 19.7 Å². The standard InChI is InChI=1S/C18H17BrClN3O2S2/c1-4-23-17(25)15-9(2)10(3)27-16(15)22-18(23)26-8-14(24)21-13-6-5-11(19)7-12(13)20/h5-7H,4,8H2,1-3H3,(H,21,24). The molecule has 142 valence electrons. The summed E-state index contributed by atoms with van der Waals surface area (Å²) in [7, 11) is 0. The van der Waals surface area contributed by atoms with Crippen LogP contribution in [0.25, 0.3) is 10.2 Å². The second kappa shape index (κ2) is 8.34. The number of rotatable bonds is 5. The van der Waals surface area contributed by atoms with E-state index in [0.29, 0.717) is 27.8 Å². The van der Waals surface area contributed by atoms with E-state index in [-0.39, 0.29) is 17.2 Å². The number of aromatic nitrogens is 2. The number of amides is 1. The maximum absolute atomic E-state index is 12.8. The van der Waals surface area contributed by atoms with Gasteiger partial charge in [0.15, 0.2) is 5.16 Å². The maximum Gasteiger partial charge on any atom is 0.263 e. The monoisotopic (exact) mass is 485 g/mol. The van der Waals surface area contributed by atoms with Crippen molar-refractivity contribution in [1.29, 1.82) is 0 Å². The lowest BCUT2D eigenvalue weighted by molar-refractivity contribution is -0.113. The highest BCUT2D eigenvalue weighted by Gasteiger charge is 2.17. The van der Waals surface area contributed by atoms with Crippen molar-refractivity contribution in [2.75, 3.05) is 11.1 Å². The first-order valence-electron chi connectivity index (χ1n) is 8.20. The second-order valence-electron chi connectivity index (χ2n) is 5.87. The smallest absolute Gasteiger partial charge is 0.263 e. The molecule has 0 spiro atoms. The lowest BCUT2D eigenvalue weighted by atomic mass is 10.2. The minimum Gasteiger partial charge on any atom is -0.324 e. The van der Waals surface area contributed by atoms with Crippen LogP contribution in [0.3, 0.4) is 0 Å². The minimum absolute atomic E-state index is 0.0526. The zero-order chi connectivity index (χ0) is 19.7. The SMILES string of the molecule is CCn1c(SCC(=O)Nc2ccc(Br)cc2Cl)nc2sc(C)c(C)c2c1=O. The third-order valence-electron chi connectivity index (χ3n) is 4.11. The molecule has 3 rings (SSSR count). The Kier molecular flexibility index (Phi) is 6.30. The first-order valence-corrected chi connectivity index (χ1v) is 11.2. The summed E-state index contributed by atoms with van der Waals surface area (Å²) in [6.07, 6.45) is 0. The lowest BCUT2D eigenvalue weighted by Crippen LogP contribution is -2.23. The number of benzene rings is 1. The molecule has 0 aliphatic carbocycles. The molecule has 0 saturated heterocycles. The van der Waals surface area contributed by atoms with Gasteiger partial charge >= 0.3 is 0 Å². The maximum atomic E-state index is 12.8. The van der Waals surface area contributed by atoms with Gasteiger partial charge in [0.1, 0.15) is 4.83 Å². The molecule has 0 atom stereocenters. The Morgan fingerprint density at radius 1 is 1.41 bits per heavy atom. The summed E-state index contributed by atoms with van der Waals surface area (Å²) in [5.41, 5.74) is 1.48. The zero-order valence-corrected chi connectivity index (χ0v) is 18.9. The number of hydrogen-bond acceptors (Lipinski definition) is 5. The topological polar surface area (TPSA) is 64.0 Å². The van der Waals surface area contributed by atoms with Gasteiger partial charge in [-0.2, -0.15) is 0 Å². The Morgan fingerprint density at radius 3 is 2.81 bits per heavy atom. The fraction of sp³-hybridized carbons (Fsp3) is 0.278. The molecule has 0 bridgehead atoms. The van der Waals surface area contributed by atoms with Crippen LogP contribution in [0, 0.1) is 13.8 Å². The molecule has 9 heteroatoms. The molecule has 0 saturated carbocycles. The number of thioether (sulfide) groups is 1. The molecule has 1 aromatic carbocycles. The molecule has 2 heterocycles. The van der Waals surface area contributed by atoms with E-state index < -0.39 is 0 Å².